The second-order valence-corrected chi connectivity index (χ2v) is 6.62. The maximum atomic E-state index is 11.4. The Labute approximate surface area is 170 Å². The average Bonchev–Trinajstić information content (AvgIpc) is 2.69. The SMILES string of the molecule is C=C(C)C(=O)OCCOc1ccc2c(OCCOC(=O)C(=C)C)c(C)ccc2c1. The summed E-state index contributed by atoms with van der Waals surface area (Å²) in [6.45, 7) is 13.0. The minimum Gasteiger partial charge on any atom is -0.490 e. The van der Waals surface area contributed by atoms with Gasteiger partial charge in [-0.2, -0.15) is 0 Å². The zero-order valence-electron chi connectivity index (χ0n) is 17.1. The van der Waals surface area contributed by atoms with Crippen LogP contribution in [-0.4, -0.2) is 38.4 Å². The lowest BCUT2D eigenvalue weighted by molar-refractivity contribution is -0.140. The average molecular weight is 398 g/mol. The second-order valence-electron chi connectivity index (χ2n) is 6.62. The molecule has 0 amide bonds. The van der Waals surface area contributed by atoms with Crippen LogP contribution in [0.15, 0.2) is 54.6 Å². The van der Waals surface area contributed by atoms with Gasteiger partial charge >= 0.3 is 11.9 Å². The topological polar surface area (TPSA) is 71.1 Å². The normalized spacial score (nSPS) is 10.3. The van der Waals surface area contributed by atoms with Gasteiger partial charge in [-0.05, 0) is 49.9 Å². The Morgan fingerprint density at radius 1 is 0.828 bits per heavy atom. The van der Waals surface area contributed by atoms with Crippen LogP contribution in [0.3, 0.4) is 0 Å². The number of esters is 2. The van der Waals surface area contributed by atoms with E-state index >= 15 is 0 Å². The van der Waals surface area contributed by atoms with Crippen molar-refractivity contribution in [3.63, 3.8) is 0 Å². The molecular weight excluding hydrogens is 372 g/mol. The van der Waals surface area contributed by atoms with Gasteiger partial charge in [-0.3, -0.25) is 0 Å². The molecule has 0 aromatic heterocycles. The molecule has 0 aliphatic heterocycles. The van der Waals surface area contributed by atoms with E-state index in [1.165, 1.54) is 0 Å². The maximum Gasteiger partial charge on any atom is 0.333 e. The van der Waals surface area contributed by atoms with E-state index in [1.807, 2.05) is 37.3 Å². The van der Waals surface area contributed by atoms with Crippen molar-refractivity contribution >= 4 is 22.7 Å². The number of carbonyl (C=O) groups is 2. The second kappa shape index (κ2) is 10.3. The highest BCUT2D eigenvalue weighted by Crippen LogP contribution is 2.32. The fourth-order valence-electron chi connectivity index (χ4n) is 2.49. The zero-order valence-corrected chi connectivity index (χ0v) is 17.1. The van der Waals surface area contributed by atoms with Crippen molar-refractivity contribution in [1.29, 1.82) is 0 Å². The van der Waals surface area contributed by atoms with Crippen LogP contribution >= 0.6 is 0 Å². The summed E-state index contributed by atoms with van der Waals surface area (Å²) in [6, 6.07) is 9.56. The Balaban J connectivity index is 1.98. The summed E-state index contributed by atoms with van der Waals surface area (Å²) < 4.78 is 21.6. The number of benzene rings is 2. The van der Waals surface area contributed by atoms with Gasteiger partial charge in [0.2, 0.25) is 0 Å². The molecule has 6 nitrogen and oxygen atoms in total. The fraction of sp³-hybridized carbons (Fsp3) is 0.304. The maximum absolute atomic E-state index is 11.4. The quantitative estimate of drug-likeness (QED) is 0.340. The lowest BCUT2D eigenvalue weighted by Gasteiger charge is -2.14. The van der Waals surface area contributed by atoms with E-state index in [9.17, 15) is 9.59 Å². The van der Waals surface area contributed by atoms with Crippen LogP contribution in [0.1, 0.15) is 19.4 Å². The predicted molar refractivity (Wildman–Crippen MR) is 111 cm³/mol. The van der Waals surface area contributed by atoms with Crippen LogP contribution in [0, 0.1) is 6.92 Å². The Morgan fingerprint density at radius 3 is 2.00 bits per heavy atom. The highest BCUT2D eigenvalue weighted by atomic mass is 16.6. The number of rotatable bonds is 10. The standard InChI is InChI=1S/C23H26O6/c1-15(2)22(24)28-12-10-26-19-8-9-20-18(14-19)7-6-17(5)21(20)27-11-13-29-23(25)16(3)4/h6-9,14H,1,3,10-13H2,2,4-5H3. The summed E-state index contributed by atoms with van der Waals surface area (Å²) in [5, 5.41) is 1.87. The van der Waals surface area contributed by atoms with Gasteiger partial charge in [0.15, 0.2) is 0 Å². The molecule has 0 N–H and O–H groups in total. The molecule has 0 atom stereocenters. The Kier molecular flexibility index (Phi) is 7.83. The first-order chi connectivity index (χ1) is 13.8. The summed E-state index contributed by atoms with van der Waals surface area (Å²) in [5.74, 6) is 0.530. The van der Waals surface area contributed by atoms with Gasteiger partial charge < -0.3 is 18.9 Å². The van der Waals surface area contributed by atoms with Crippen molar-refractivity contribution in [3.8, 4) is 11.5 Å². The van der Waals surface area contributed by atoms with Gasteiger partial charge in [-0.15, -0.1) is 0 Å². The predicted octanol–water partition coefficient (Wildman–Crippen LogP) is 4.14. The number of hydrogen-bond donors (Lipinski definition) is 0. The third-order valence-corrected chi connectivity index (χ3v) is 3.98. The minimum absolute atomic E-state index is 0.144. The number of aryl methyl sites for hydroxylation is 1. The molecule has 0 aliphatic rings. The molecule has 0 unspecified atom stereocenters. The molecule has 2 aromatic rings. The lowest BCUT2D eigenvalue weighted by atomic mass is 10.1. The fourth-order valence-corrected chi connectivity index (χ4v) is 2.49. The smallest absolute Gasteiger partial charge is 0.333 e. The lowest BCUT2D eigenvalue weighted by Crippen LogP contribution is -2.13. The van der Waals surface area contributed by atoms with E-state index < -0.39 is 11.9 Å². The summed E-state index contributed by atoms with van der Waals surface area (Å²) in [4.78, 5) is 22.8. The van der Waals surface area contributed by atoms with E-state index in [0.29, 0.717) is 16.9 Å². The third kappa shape index (κ3) is 6.38. The molecule has 2 aromatic carbocycles. The molecule has 0 radical (unpaired) electrons. The van der Waals surface area contributed by atoms with Crippen LogP contribution < -0.4 is 9.47 Å². The first-order valence-corrected chi connectivity index (χ1v) is 9.24. The highest BCUT2D eigenvalue weighted by molar-refractivity contribution is 5.90. The molecule has 0 heterocycles. The van der Waals surface area contributed by atoms with Crippen molar-refractivity contribution in [2.75, 3.05) is 26.4 Å². The monoisotopic (exact) mass is 398 g/mol. The first-order valence-electron chi connectivity index (χ1n) is 9.24. The van der Waals surface area contributed by atoms with Gasteiger partial charge in [0.05, 0.1) is 0 Å². The molecule has 0 saturated heterocycles. The number of ether oxygens (including phenoxy) is 4. The first kappa shape index (κ1) is 22.0. The Morgan fingerprint density at radius 2 is 1.41 bits per heavy atom. The van der Waals surface area contributed by atoms with E-state index in [2.05, 4.69) is 13.2 Å². The van der Waals surface area contributed by atoms with Crippen LogP contribution in [0.4, 0.5) is 0 Å². The van der Waals surface area contributed by atoms with E-state index in [-0.39, 0.29) is 26.4 Å². The van der Waals surface area contributed by atoms with Gasteiger partial charge in [0.25, 0.3) is 0 Å². The van der Waals surface area contributed by atoms with Crippen molar-refractivity contribution in [2.45, 2.75) is 20.8 Å². The van der Waals surface area contributed by atoms with Crippen molar-refractivity contribution in [1.82, 2.24) is 0 Å². The summed E-state index contributed by atoms with van der Waals surface area (Å²) in [5.41, 5.74) is 1.69. The molecule has 154 valence electrons. The molecule has 0 fully saturated rings. The van der Waals surface area contributed by atoms with Gasteiger partial charge in [0, 0.05) is 16.5 Å². The minimum atomic E-state index is -0.432. The van der Waals surface area contributed by atoms with Crippen LogP contribution in [0.2, 0.25) is 0 Å². The molecule has 0 spiro atoms. The van der Waals surface area contributed by atoms with Crippen molar-refractivity contribution < 1.29 is 28.5 Å². The number of carbonyl (C=O) groups excluding carboxylic acids is 2. The number of fused-ring (bicyclic) bond motifs is 1. The summed E-state index contributed by atoms with van der Waals surface area (Å²) >= 11 is 0. The molecular formula is C23H26O6. The van der Waals surface area contributed by atoms with Crippen molar-refractivity contribution in [2.24, 2.45) is 0 Å². The summed E-state index contributed by atoms with van der Waals surface area (Å²) in [7, 11) is 0. The van der Waals surface area contributed by atoms with Gasteiger partial charge in [-0.25, -0.2) is 9.59 Å². The van der Waals surface area contributed by atoms with Crippen LogP contribution in [0.25, 0.3) is 10.8 Å². The largest absolute Gasteiger partial charge is 0.490 e. The molecule has 29 heavy (non-hydrogen) atoms. The highest BCUT2D eigenvalue weighted by Gasteiger charge is 2.09. The van der Waals surface area contributed by atoms with Crippen LogP contribution in [-0.2, 0) is 19.1 Å². The Hall–Kier alpha value is -3.28. The number of hydrogen-bond acceptors (Lipinski definition) is 6. The van der Waals surface area contributed by atoms with E-state index in [1.54, 1.807) is 13.8 Å². The van der Waals surface area contributed by atoms with Gasteiger partial charge in [-0.1, -0.05) is 25.3 Å². The van der Waals surface area contributed by atoms with Gasteiger partial charge in [0.1, 0.15) is 37.9 Å². The Bertz CT molecular complexity index is 928. The molecule has 0 bridgehead atoms. The van der Waals surface area contributed by atoms with Crippen molar-refractivity contribution in [3.05, 3.63) is 60.2 Å². The van der Waals surface area contributed by atoms with E-state index in [4.69, 9.17) is 18.9 Å². The molecule has 0 saturated carbocycles. The molecule has 2 rings (SSSR count). The zero-order chi connectivity index (χ0) is 21.4. The van der Waals surface area contributed by atoms with E-state index in [0.717, 1.165) is 22.1 Å². The summed E-state index contributed by atoms with van der Waals surface area (Å²) in [6.07, 6.45) is 0. The third-order valence-electron chi connectivity index (χ3n) is 3.98. The molecule has 0 aliphatic carbocycles. The van der Waals surface area contributed by atoms with Crippen LogP contribution in [0.5, 0.6) is 11.5 Å². The molecule has 6 heteroatoms.